The minimum absolute atomic E-state index is 0.0147. The molecular formula is C16H21ClN2O2. The second-order valence-electron chi connectivity index (χ2n) is 5.93. The lowest BCUT2D eigenvalue weighted by atomic mass is 9.93. The topological polar surface area (TPSA) is 52.6 Å². The molecule has 1 amide bonds. The van der Waals surface area contributed by atoms with E-state index in [0.717, 1.165) is 32.4 Å². The van der Waals surface area contributed by atoms with Gasteiger partial charge in [0.1, 0.15) is 5.75 Å². The summed E-state index contributed by atoms with van der Waals surface area (Å²) in [6, 6.07) is 5.40. The van der Waals surface area contributed by atoms with Crippen molar-refractivity contribution in [2.45, 2.75) is 44.2 Å². The molecule has 5 heteroatoms. The third kappa shape index (κ3) is 3.01. The SMILES string of the molecule is O=C(c1ccc(O)c(Cl)c1)N1CCCCC1C1CCCN1. The summed E-state index contributed by atoms with van der Waals surface area (Å²) in [4.78, 5) is 14.8. The Morgan fingerprint density at radius 2 is 2.14 bits per heavy atom. The highest BCUT2D eigenvalue weighted by Gasteiger charge is 2.34. The standard InChI is InChI=1S/C16H21ClN2O2/c17-12-10-11(6-7-15(12)20)16(21)19-9-2-1-5-14(19)13-4-3-8-18-13/h6-7,10,13-14,18,20H,1-5,8-9H2. The smallest absolute Gasteiger partial charge is 0.254 e. The van der Waals surface area contributed by atoms with Crippen LogP contribution in [0.25, 0.3) is 0 Å². The largest absolute Gasteiger partial charge is 0.506 e. The number of hydrogen-bond acceptors (Lipinski definition) is 3. The summed E-state index contributed by atoms with van der Waals surface area (Å²) >= 11 is 5.93. The zero-order valence-electron chi connectivity index (χ0n) is 12.0. The van der Waals surface area contributed by atoms with E-state index in [1.165, 1.54) is 18.9 Å². The minimum atomic E-state index is 0.0147. The highest BCUT2D eigenvalue weighted by atomic mass is 35.5. The van der Waals surface area contributed by atoms with Crippen molar-refractivity contribution >= 4 is 17.5 Å². The molecule has 0 aliphatic carbocycles. The number of benzene rings is 1. The van der Waals surface area contributed by atoms with Gasteiger partial charge in [-0.2, -0.15) is 0 Å². The molecule has 2 atom stereocenters. The molecule has 1 aromatic rings. The second-order valence-corrected chi connectivity index (χ2v) is 6.34. The van der Waals surface area contributed by atoms with Gasteiger partial charge < -0.3 is 15.3 Å². The van der Waals surface area contributed by atoms with Gasteiger partial charge in [-0.05, 0) is 56.8 Å². The number of aromatic hydroxyl groups is 1. The van der Waals surface area contributed by atoms with Crippen LogP contribution in [0.15, 0.2) is 18.2 Å². The Labute approximate surface area is 130 Å². The number of carbonyl (C=O) groups is 1. The second kappa shape index (κ2) is 6.24. The Morgan fingerprint density at radius 1 is 1.29 bits per heavy atom. The summed E-state index contributed by atoms with van der Waals surface area (Å²) in [7, 11) is 0. The maximum absolute atomic E-state index is 12.8. The zero-order chi connectivity index (χ0) is 14.8. The average Bonchev–Trinajstić information content (AvgIpc) is 3.03. The number of likely N-dealkylation sites (tertiary alicyclic amines) is 1. The first kappa shape index (κ1) is 14.7. The predicted octanol–water partition coefficient (Wildman–Crippen LogP) is 2.79. The number of piperidine rings is 1. The number of nitrogens with zero attached hydrogens (tertiary/aromatic N) is 1. The van der Waals surface area contributed by atoms with Crippen molar-refractivity contribution < 1.29 is 9.90 Å². The van der Waals surface area contributed by atoms with Crippen molar-refractivity contribution in [1.82, 2.24) is 10.2 Å². The van der Waals surface area contributed by atoms with E-state index in [-0.39, 0.29) is 22.7 Å². The maximum atomic E-state index is 12.8. The first-order valence-corrected chi connectivity index (χ1v) is 8.07. The number of carbonyl (C=O) groups excluding carboxylic acids is 1. The first-order valence-electron chi connectivity index (χ1n) is 7.69. The summed E-state index contributed by atoms with van der Waals surface area (Å²) in [5.74, 6) is 0.0381. The van der Waals surface area contributed by atoms with Gasteiger partial charge in [0.15, 0.2) is 0 Å². The number of hydrogen-bond donors (Lipinski definition) is 2. The van der Waals surface area contributed by atoms with Crippen LogP contribution in [-0.2, 0) is 0 Å². The Balaban J connectivity index is 1.81. The Kier molecular flexibility index (Phi) is 4.36. The summed E-state index contributed by atoms with van der Waals surface area (Å²) in [5, 5.41) is 13.2. The van der Waals surface area contributed by atoms with E-state index in [9.17, 15) is 9.90 Å². The molecule has 2 aliphatic rings. The van der Waals surface area contributed by atoms with Crippen LogP contribution in [0.2, 0.25) is 5.02 Å². The highest BCUT2D eigenvalue weighted by molar-refractivity contribution is 6.32. The number of nitrogens with one attached hydrogen (secondary N) is 1. The van der Waals surface area contributed by atoms with Crippen LogP contribution in [-0.4, -0.2) is 41.1 Å². The number of halogens is 1. The molecule has 0 radical (unpaired) electrons. The van der Waals surface area contributed by atoms with Crippen molar-refractivity contribution in [2.75, 3.05) is 13.1 Å². The lowest BCUT2D eigenvalue weighted by molar-refractivity contribution is 0.0563. The molecule has 2 heterocycles. The summed E-state index contributed by atoms with van der Waals surface area (Å²) in [6.07, 6.45) is 5.64. The molecule has 2 N–H and O–H groups in total. The molecule has 0 saturated carbocycles. The third-order valence-corrected chi connectivity index (χ3v) is 4.87. The van der Waals surface area contributed by atoms with Gasteiger partial charge in [0.25, 0.3) is 5.91 Å². The summed E-state index contributed by atoms with van der Waals surface area (Å²) in [6.45, 7) is 1.86. The van der Waals surface area contributed by atoms with Crippen molar-refractivity contribution in [3.8, 4) is 5.75 Å². The van der Waals surface area contributed by atoms with Crippen LogP contribution in [0.3, 0.4) is 0 Å². The molecule has 21 heavy (non-hydrogen) atoms. The van der Waals surface area contributed by atoms with E-state index in [4.69, 9.17) is 11.6 Å². The summed E-state index contributed by atoms with van der Waals surface area (Å²) < 4.78 is 0. The van der Waals surface area contributed by atoms with Crippen LogP contribution in [0, 0.1) is 0 Å². The number of amides is 1. The van der Waals surface area contributed by atoms with E-state index in [1.54, 1.807) is 12.1 Å². The third-order valence-electron chi connectivity index (χ3n) is 4.57. The number of phenolic OH excluding ortho intramolecular Hbond substituents is 1. The molecule has 1 aromatic carbocycles. The van der Waals surface area contributed by atoms with Crippen LogP contribution in [0.1, 0.15) is 42.5 Å². The van der Waals surface area contributed by atoms with Gasteiger partial charge in [-0.25, -0.2) is 0 Å². The van der Waals surface area contributed by atoms with Gasteiger partial charge in [0, 0.05) is 24.2 Å². The number of phenols is 1. The van der Waals surface area contributed by atoms with Crippen molar-refractivity contribution in [3.05, 3.63) is 28.8 Å². The van der Waals surface area contributed by atoms with Gasteiger partial charge in [-0.15, -0.1) is 0 Å². The normalized spacial score (nSPS) is 26.0. The lowest BCUT2D eigenvalue weighted by Gasteiger charge is -2.39. The molecule has 3 rings (SSSR count). The average molecular weight is 309 g/mol. The fourth-order valence-electron chi connectivity index (χ4n) is 3.47. The molecule has 2 fully saturated rings. The number of rotatable bonds is 2. The lowest BCUT2D eigenvalue weighted by Crippen LogP contribution is -2.52. The fraction of sp³-hybridized carbons (Fsp3) is 0.562. The van der Waals surface area contributed by atoms with Crippen LogP contribution >= 0.6 is 11.6 Å². The van der Waals surface area contributed by atoms with Crippen molar-refractivity contribution in [3.63, 3.8) is 0 Å². The molecular weight excluding hydrogens is 288 g/mol. The summed E-state index contributed by atoms with van der Waals surface area (Å²) in [5.41, 5.74) is 0.558. The van der Waals surface area contributed by atoms with Crippen LogP contribution in [0.5, 0.6) is 5.75 Å². The molecule has 2 aliphatic heterocycles. The van der Waals surface area contributed by atoms with E-state index in [1.807, 2.05) is 4.90 Å². The van der Waals surface area contributed by atoms with Gasteiger partial charge in [0.2, 0.25) is 0 Å². The predicted molar refractivity (Wildman–Crippen MR) is 82.8 cm³/mol. The molecule has 0 bridgehead atoms. The molecule has 114 valence electrons. The highest BCUT2D eigenvalue weighted by Crippen LogP contribution is 2.28. The fourth-order valence-corrected chi connectivity index (χ4v) is 3.65. The van der Waals surface area contributed by atoms with Crippen LogP contribution < -0.4 is 5.32 Å². The van der Waals surface area contributed by atoms with Crippen LogP contribution in [0.4, 0.5) is 0 Å². The quantitative estimate of drug-likeness (QED) is 0.883. The van der Waals surface area contributed by atoms with Crippen molar-refractivity contribution in [2.24, 2.45) is 0 Å². The Bertz CT molecular complexity index is 529. The van der Waals surface area contributed by atoms with Gasteiger partial charge in [-0.3, -0.25) is 4.79 Å². The first-order chi connectivity index (χ1) is 10.2. The van der Waals surface area contributed by atoms with Crippen molar-refractivity contribution in [1.29, 1.82) is 0 Å². The molecule has 2 unspecified atom stereocenters. The molecule has 2 saturated heterocycles. The van der Waals surface area contributed by atoms with Gasteiger partial charge in [-0.1, -0.05) is 11.6 Å². The maximum Gasteiger partial charge on any atom is 0.254 e. The van der Waals surface area contributed by atoms with E-state index in [0.29, 0.717) is 11.6 Å². The van der Waals surface area contributed by atoms with E-state index >= 15 is 0 Å². The minimum Gasteiger partial charge on any atom is -0.506 e. The molecule has 0 aromatic heterocycles. The zero-order valence-corrected chi connectivity index (χ0v) is 12.8. The molecule has 4 nitrogen and oxygen atoms in total. The Hall–Kier alpha value is -1.26. The van der Waals surface area contributed by atoms with E-state index < -0.39 is 0 Å². The van der Waals surface area contributed by atoms with Gasteiger partial charge >= 0.3 is 0 Å². The Morgan fingerprint density at radius 3 is 2.86 bits per heavy atom. The van der Waals surface area contributed by atoms with Gasteiger partial charge in [0.05, 0.1) is 5.02 Å². The molecule has 0 spiro atoms. The monoisotopic (exact) mass is 308 g/mol. The van der Waals surface area contributed by atoms with E-state index in [2.05, 4.69) is 5.32 Å².